The van der Waals surface area contributed by atoms with Gasteiger partial charge in [0.1, 0.15) is 5.69 Å². The highest BCUT2D eigenvalue weighted by Crippen LogP contribution is 2.29. The van der Waals surface area contributed by atoms with Crippen LogP contribution in [0.4, 0.5) is 0 Å². The van der Waals surface area contributed by atoms with Gasteiger partial charge in [0, 0.05) is 30.2 Å². The third kappa shape index (κ3) is 3.00. The van der Waals surface area contributed by atoms with Gasteiger partial charge in [0.15, 0.2) is 4.96 Å². The lowest BCUT2D eigenvalue weighted by Crippen LogP contribution is -2.32. The molecule has 0 aliphatic rings. The Morgan fingerprint density at radius 2 is 2.00 bits per heavy atom. The molecule has 0 bridgehead atoms. The number of amides is 1. The predicted molar refractivity (Wildman–Crippen MR) is 99.8 cm³/mol. The SMILES string of the molecule is C=CCN(CC=C)C(=O)c1csc2nc(-c3ccccc3Cl)cn12. The molecule has 0 spiro atoms. The Labute approximate surface area is 149 Å². The van der Waals surface area contributed by atoms with Crippen LogP contribution in [0, 0.1) is 0 Å². The first kappa shape index (κ1) is 16.5. The first-order chi connectivity index (χ1) is 11.7. The van der Waals surface area contributed by atoms with Crippen molar-refractivity contribution in [3.05, 3.63) is 71.9 Å². The van der Waals surface area contributed by atoms with Gasteiger partial charge >= 0.3 is 0 Å². The number of hydrogen-bond acceptors (Lipinski definition) is 3. The molecular weight excluding hydrogens is 342 g/mol. The van der Waals surface area contributed by atoms with Crippen molar-refractivity contribution < 1.29 is 4.79 Å². The van der Waals surface area contributed by atoms with Crippen LogP contribution in [0.2, 0.25) is 5.02 Å². The third-order valence-electron chi connectivity index (χ3n) is 3.56. The van der Waals surface area contributed by atoms with Gasteiger partial charge < -0.3 is 4.90 Å². The van der Waals surface area contributed by atoms with Crippen LogP contribution in [0.25, 0.3) is 16.2 Å². The van der Waals surface area contributed by atoms with Crippen LogP contribution in [0.3, 0.4) is 0 Å². The first-order valence-electron chi connectivity index (χ1n) is 7.38. The summed E-state index contributed by atoms with van der Waals surface area (Å²) in [5, 5.41) is 2.45. The van der Waals surface area contributed by atoms with E-state index in [2.05, 4.69) is 18.1 Å². The molecule has 1 amide bonds. The molecule has 0 atom stereocenters. The summed E-state index contributed by atoms with van der Waals surface area (Å²) in [6.45, 7) is 8.34. The van der Waals surface area contributed by atoms with Gasteiger partial charge in [-0.25, -0.2) is 4.98 Å². The van der Waals surface area contributed by atoms with Crippen LogP contribution in [-0.4, -0.2) is 33.3 Å². The quantitative estimate of drug-likeness (QED) is 0.608. The highest BCUT2D eigenvalue weighted by atomic mass is 35.5. The van der Waals surface area contributed by atoms with E-state index in [0.29, 0.717) is 23.8 Å². The van der Waals surface area contributed by atoms with Crippen molar-refractivity contribution in [2.75, 3.05) is 13.1 Å². The molecule has 0 aliphatic heterocycles. The summed E-state index contributed by atoms with van der Waals surface area (Å²) in [5.41, 5.74) is 2.17. The maximum atomic E-state index is 12.8. The minimum atomic E-state index is -0.0795. The summed E-state index contributed by atoms with van der Waals surface area (Å²) in [6.07, 6.45) is 5.25. The van der Waals surface area contributed by atoms with E-state index in [1.54, 1.807) is 17.1 Å². The maximum absolute atomic E-state index is 12.8. The number of nitrogens with zero attached hydrogens (tertiary/aromatic N) is 3. The number of benzene rings is 1. The van der Waals surface area contributed by atoms with Crippen LogP contribution < -0.4 is 0 Å². The molecule has 6 heteroatoms. The van der Waals surface area contributed by atoms with E-state index in [1.807, 2.05) is 40.2 Å². The molecule has 0 unspecified atom stereocenters. The molecule has 1 aromatic carbocycles. The van der Waals surface area contributed by atoms with Gasteiger partial charge in [-0.2, -0.15) is 0 Å². The molecule has 24 heavy (non-hydrogen) atoms. The standard InChI is InChI=1S/C18H16ClN3OS/c1-3-9-21(10-4-2)17(23)16-12-24-18-20-15(11-22(16)18)13-7-5-6-8-14(13)19/h3-8,11-12H,1-2,9-10H2. The molecule has 0 fully saturated rings. The fourth-order valence-corrected chi connectivity index (χ4v) is 3.53. The molecule has 0 aliphatic carbocycles. The van der Waals surface area contributed by atoms with Crippen molar-refractivity contribution in [1.82, 2.24) is 14.3 Å². The van der Waals surface area contributed by atoms with Gasteiger partial charge in [0.05, 0.1) is 10.7 Å². The van der Waals surface area contributed by atoms with Crippen molar-refractivity contribution in [3.63, 3.8) is 0 Å². The summed E-state index contributed by atoms with van der Waals surface area (Å²) in [7, 11) is 0. The van der Waals surface area contributed by atoms with Gasteiger partial charge in [-0.3, -0.25) is 9.20 Å². The van der Waals surface area contributed by atoms with Crippen molar-refractivity contribution in [1.29, 1.82) is 0 Å². The minimum Gasteiger partial charge on any atom is -0.330 e. The summed E-state index contributed by atoms with van der Waals surface area (Å²) in [4.78, 5) is 19.8. The number of halogens is 1. The largest absolute Gasteiger partial charge is 0.330 e. The van der Waals surface area contributed by atoms with Crippen molar-refractivity contribution >= 4 is 33.8 Å². The monoisotopic (exact) mass is 357 g/mol. The van der Waals surface area contributed by atoms with Crippen LogP contribution in [-0.2, 0) is 0 Å². The summed E-state index contributed by atoms with van der Waals surface area (Å²) in [5.74, 6) is -0.0795. The van der Waals surface area contributed by atoms with Crippen LogP contribution in [0.1, 0.15) is 10.5 Å². The highest BCUT2D eigenvalue weighted by Gasteiger charge is 2.20. The lowest BCUT2D eigenvalue weighted by atomic mass is 10.2. The maximum Gasteiger partial charge on any atom is 0.272 e. The van der Waals surface area contributed by atoms with Crippen LogP contribution in [0.5, 0.6) is 0 Å². The summed E-state index contributed by atoms with van der Waals surface area (Å²) < 4.78 is 1.81. The average Bonchev–Trinajstić information content (AvgIpc) is 3.15. The molecule has 3 aromatic rings. The van der Waals surface area contributed by atoms with Gasteiger partial charge in [-0.05, 0) is 6.07 Å². The van der Waals surface area contributed by atoms with Gasteiger partial charge in [0.2, 0.25) is 0 Å². The second-order valence-corrected chi connectivity index (χ2v) is 6.41. The average molecular weight is 358 g/mol. The van der Waals surface area contributed by atoms with Crippen LogP contribution in [0.15, 0.2) is 61.2 Å². The second-order valence-electron chi connectivity index (χ2n) is 5.17. The van der Waals surface area contributed by atoms with Gasteiger partial charge in [-0.15, -0.1) is 24.5 Å². The number of rotatable bonds is 6. The number of fused-ring (bicyclic) bond motifs is 1. The molecule has 0 N–H and O–H groups in total. The zero-order valence-corrected chi connectivity index (χ0v) is 14.6. The van der Waals surface area contributed by atoms with Crippen LogP contribution >= 0.6 is 22.9 Å². The first-order valence-corrected chi connectivity index (χ1v) is 8.64. The Morgan fingerprint density at radius 1 is 1.29 bits per heavy atom. The zero-order valence-electron chi connectivity index (χ0n) is 13.0. The topological polar surface area (TPSA) is 37.6 Å². The van der Waals surface area contributed by atoms with Gasteiger partial charge in [-0.1, -0.05) is 42.0 Å². The van der Waals surface area contributed by atoms with E-state index in [9.17, 15) is 4.79 Å². The zero-order chi connectivity index (χ0) is 17.1. The highest BCUT2D eigenvalue weighted by molar-refractivity contribution is 7.15. The van der Waals surface area contributed by atoms with E-state index >= 15 is 0 Å². The lowest BCUT2D eigenvalue weighted by Gasteiger charge is -2.18. The van der Waals surface area contributed by atoms with Crippen molar-refractivity contribution in [2.45, 2.75) is 0 Å². The van der Waals surface area contributed by atoms with Crippen molar-refractivity contribution in [3.8, 4) is 11.3 Å². The number of hydrogen-bond donors (Lipinski definition) is 0. The van der Waals surface area contributed by atoms with E-state index in [1.165, 1.54) is 11.3 Å². The number of thiazole rings is 1. The van der Waals surface area contributed by atoms with E-state index in [-0.39, 0.29) is 5.91 Å². The number of aromatic nitrogens is 2. The molecule has 0 saturated carbocycles. The number of carbonyl (C=O) groups excluding carboxylic acids is 1. The fourth-order valence-electron chi connectivity index (χ4n) is 2.45. The van der Waals surface area contributed by atoms with Crippen molar-refractivity contribution in [2.24, 2.45) is 0 Å². The Hall–Kier alpha value is -2.37. The minimum absolute atomic E-state index is 0.0795. The summed E-state index contributed by atoms with van der Waals surface area (Å²) in [6, 6.07) is 7.53. The Kier molecular flexibility index (Phi) is 4.83. The molecule has 2 heterocycles. The van der Waals surface area contributed by atoms with E-state index in [4.69, 9.17) is 11.6 Å². The fraction of sp³-hybridized carbons (Fsp3) is 0.111. The normalized spacial score (nSPS) is 10.7. The smallest absolute Gasteiger partial charge is 0.272 e. The molecule has 4 nitrogen and oxygen atoms in total. The third-order valence-corrected chi connectivity index (χ3v) is 4.73. The predicted octanol–water partition coefficient (Wildman–Crippen LogP) is 4.53. The van der Waals surface area contributed by atoms with Gasteiger partial charge in [0.25, 0.3) is 5.91 Å². The molecule has 0 radical (unpaired) electrons. The summed E-state index contributed by atoms with van der Waals surface area (Å²) >= 11 is 7.67. The second kappa shape index (κ2) is 7.03. The Bertz CT molecular complexity index is 902. The Balaban J connectivity index is 2.01. The van der Waals surface area contributed by atoms with E-state index in [0.717, 1.165) is 16.2 Å². The molecule has 3 rings (SSSR count). The lowest BCUT2D eigenvalue weighted by molar-refractivity contribution is 0.0784. The van der Waals surface area contributed by atoms with E-state index < -0.39 is 0 Å². The molecule has 0 saturated heterocycles. The number of imidazole rings is 1. The molecule has 2 aromatic heterocycles. The molecular formula is C18H16ClN3OS. The molecule has 122 valence electrons. The number of carbonyl (C=O) groups is 1. The Morgan fingerprint density at radius 3 is 2.67 bits per heavy atom.